The van der Waals surface area contributed by atoms with Crippen LogP contribution in [0.15, 0.2) is 35.7 Å². The lowest BCUT2D eigenvalue weighted by molar-refractivity contribution is 1.16. The van der Waals surface area contributed by atoms with E-state index in [0.717, 1.165) is 16.3 Å². The summed E-state index contributed by atoms with van der Waals surface area (Å²) >= 11 is 1.58. The Morgan fingerprint density at radius 3 is 2.79 bits per heavy atom. The molecule has 2 nitrogen and oxygen atoms in total. The average Bonchev–Trinajstić information content (AvgIpc) is 2.68. The van der Waals surface area contributed by atoms with Gasteiger partial charge in [-0.15, -0.1) is 11.3 Å². The van der Waals surface area contributed by atoms with Crippen LogP contribution >= 0.6 is 11.3 Å². The highest BCUT2D eigenvalue weighted by molar-refractivity contribution is 7.13. The molecule has 0 aliphatic heterocycles. The van der Waals surface area contributed by atoms with Gasteiger partial charge in [0.2, 0.25) is 0 Å². The van der Waals surface area contributed by atoms with Crippen LogP contribution in [-0.4, -0.2) is 4.98 Å². The smallest absolute Gasteiger partial charge is 0.123 e. The maximum absolute atomic E-state index is 8.51. The second kappa shape index (κ2) is 4.03. The van der Waals surface area contributed by atoms with Gasteiger partial charge in [-0.05, 0) is 0 Å². The average molecular weight is 200 g/mol. The van der Waals surface area contributed by atoms with E-state index in [1.54, 1.807) is 11.3 Å². The van der Waals surface area contributed by atoms with Crippen molar-refractivity contribution in [2.45, 2.75) is 6.42 Å². The highest BCUT2D eigenvalue weighted by Crippen LogP contribution is 2.23. The molecule has 0 aliphatic rings. The van der Waals surface area contributed by atoms with Crippen molar-refractivity contribution in [2.75, 3.05) is 0 Å². The topological polar surface area (TPSA) is 36.7 Å². The standard InChI is InChI=1S/C11H8N2S/c12-7-6-10-8-14-11(13-10)9-4-2-1-3-5-9/h1-5,8H,6H2. The third-order valence-electron chi connectivity index (χ3n) is 1.83. The minimum Gasteiger partial charge on any atom is -0.240 e. The minimum absolute atomic E-state index is 0.392. The van der Waals surface area contributed by atoms with Gasteiger partial charge in [0, 0.05) is 10.9 Å². The fourth-order valence-corrected chi connectivity index (χ4v) is 2.01. The van der Waals surface area contributed by atoms with E-state index in [2.05, 4.69) is 11.1 Å². The molecule has 3 heteroatoms. The van der Waals surface area contributed by atoms with Gasteiger partial charge in [0.05, 0.1) is 18.2 Å². The monoisotopic (exact) mass is 200 g/mol. The Kier molecular flexibility index (Phi) is 2.57. The number of aromatic nitrogens is 1. The van der Waals surface area contributed by atoms with Gasteiger partial charge in [-0.1, -0.05) is 30.3 Å². The van der Waals surface area contributed by atoms with E-state index in [-0.39, 0.29) is 0 Å². The van der Waals surface area contributed by atoms with Crippen molar-refractivity contribution in [1.29, 1.82) is 5.26 Å². The maximum Gasteiger partial charge on any atom is 0.123 e. The predicted molar refractivity (Wildman–Crippen MR) is 56.9 cm³/mol. The zero-order valence-corrected chi connectivity index (χ0v) is 8.29. The molecule has 1 heterocycles. The quantitative estimate of drug-likeness (QED) is 0.747. The molecule has 0 aliphatic carbocycles. The number of thiazole rings is 1. The number of nitriles is 1. The number of nitrogens with zero attached hydrogens (tertiary/aromatic N) is 2. The largest absolute Gasteiger partial charge is 0.240 e. The molecule has 14 heavy (non-hydrogen) atoms. The Bertz CT molecular complexity index is 454. The van der Waals surface area contributed by atoms with Gasteiger partial charge in [0.25, 0.3) is 0 Å². The Morgan fingerprint density at radius 1 is 1.29 bits per heavy atom. The summed E-state index contributed by atoms with van der Waals surface area (Å²) in [6, 6.07) is 12.1. The second-order valence-electron chi connectivity index (χ2n) is 2.84. The molecule has 0 saturated heterocycles. The number of hydrogen-bond donors (Lipinski definition) is 0. The molecule has 0 fully saturated rings. The molecule has 0 bridgehead atoms. The van der Waals surface area contributed by atoms with Crippen LogP contribution in [0, 0.1) is 11.3 Å². The molecule has 0 N–H and O–H groups in total. The first-order valence-electron chi connectivity index (χ1n) is 4.27. The molecular formula is C11H8N2S. The van der Waals surface area contributed by atoms with E-state index in [1.807, 2.05) is 35.7 Å². The molecule has 0 amide bonds. The van der Waals surface area contributed by atoms with Crippen molar-refractivity contribution in [3.8, 4) is 16.6 Å². The van der Waals surface area contributed by atoms with E-state index < -0.39 is 0 Å². The molecule has 0 unspecified atom stereocenters. The van der Waals surface area contributed by atoms with Crippen LogP contribution in [0.1, 0.15) is 5.69 Å². The van der Waals surface area contributed by atoms with Crippen molar-refractivity contribution in [3.63, 3.8) is 0 Å². The van der Waals surface area contributed by atoms with E-state index >= 15 is 0 Å². The highest BCUT2D eigenvalue weighted by atomic mass is 32.1. The molecule has 1 aromatic carbocycles. The second-order valence-corrected chi connectivity index (χ2v) is 3.70. The van der Waals surface area contributed by atoms with Crippen LogP contribution in [-0.2, 0) is 6.42 Å². The maximum atomic E-state index is 8.51. The first-order chi connectivity index (χ1) is 6.90. The fraction of sp³-hybridized carbons (Fsp3) is 0.0909. The Hall–Kier alpha value is -1.66. The first-order valence-corrected chi connectivity index (χ1v) is 5.15. The van der Waals surface area contributed by atoms with Crippen LogP contribution < -0.4 is 0 Å². The molecule has 0 atom stereocenters. The minimum atomic E-state index is 0.392. The number of hydrogen-bond acceptors (Lipinski definition) is 3. The van der Waals surface area contributed by atoms with Gasteiger partial charge < -0.3 is 0 Å². The third-order valence-corrected chi connectivity index (χ3v) is 2.77. The summed E-state index contributed by atoms with van der Waals surface area (Å²) in [6.07, 6.45) is 0.392. The molecule has 2 rings (SSSR count). The summed E-state index contributed by atoms with van der Waals surface area (Å²) in [5.41, 5.74) is 1.97. The fourth-order valence-electron chi connectivity index (χ4n) is 1.18. The summed E-state index contributed by atoms with van der Waals surface area (Å²) in [6.45, 7) is 0. The molecule has 1 aromatic heterocycles. The number of benzene rings is 1. The number of rotatable bonds is 2. The van der Waals surface area contributed by atoms with Gasteiger partial charge in [0.15, 0.2) is 0 Å². The van der Waals surface area contributed by atoms with Crippen molar-refractivity contribution < 1.29 is 0 Å². The van der Waals surface area contributed by atoms with Crippen molar-refractivity contribution in [2.24, 2.45) is 0 Å². The normalized spacial score (nSPS) is 9.64. The summed E-state index contributed by atoms with van der Waals surface area (Å²) in [5.74, 6) is 0. The molecule has 0 spiro atoms. The summed E-state index contributed by atoms with van der Waals surface area (Å²) in [7, 11) is 0. The summed E-state index contributed by atoms with van der Waals surface area (Å²) in [4.78, 5) is 4.37. The van der Waals surface area contributed by atoms with Crippen molar-refractivity contribution in [1.82, 2.24) is 4.98 Å². The highest BCUT2D eigenvalue weighted by Gasteiger charge is 2.02. The lowest BCUT2D eigenvalue weighted by atomic mass is 10.2. The summed E-state index contributed by atoms with van der Waals surface area (Å²) in [5, 5.41) is 11.4. The zero-order valence-electron chi connectivity index (χ0n) is 7.47. The lowest BCUT2D eigenvalue weighted by Gasteiger charge is -1.92. The van der Waals surface area contributed by atoms with Crippen LogP contribution in [0.3, 0.4) is 0 Å². The van der Waals surface area contributed by atoms with Gasteiger partial charge in [-0.25, -0.2) is 4.98 Å². The molecule has 0 saturated carbocycles. The molecular weight excluding hydrogens is 192 g/mol. The zero-order chi connectivity index (χ0) is 9.80. The first kappa shape index (κ1) is 8.92. The Morgan fingerprint density at radius 2 is 2.07 bits per heavy atom. The van der Waals surface area contributed by atoms with Gasteiger partial charge >= 0.3 is 0 Å². The van der Waals surface area contributed by atoms with Crippen LogP contribution in [0.25, 0.3) is 10.6 Å². The van der Waals surface area contributed by atoms with Crippen molar-refractivity contribution in [3.05, 3.63) is 41.4 Å². The SMILES string of the molecule is N#CCc1csc(-c2ccccc2)n1. The van der Waals surface area contributed by atoms with Gasteiger partial charge in [-0.2, -0.15) is 5.26 Å². The molecule has 0 radical (unpaired) electrons. The van der Waals surface area contributed by atoms with E-state index in [4.69, 9.17) is 5.26 Å². The van der Waals surface area contributed by atoms with E-state index in [9.17, 15) is 0 Å². The van der Waals surface area contributed by atoms with Crippen LogP contribution in [0.5, 0.6) is 0 Å². The Labute approximate surface area is 86.5 Å². The Balaban J connectivity index is 2.31. The molecule has 2 aromatic rings. The lowest BCUT2D eigenvalue weighted by Crippen LogP contribution is -1.81. The third kappa shape index (κ3) is 1.81. The van der Waals surface area contributed by atoms with E-state index in [0.29, 0.717) is 6.42 Å². The van der Waals surface area contributed by atoms with Gasteiger partial charge in [0.1, 0.15) is 5.01 Å². The van der Waals surface area contributed by atoms with Gasteiger partial charge in [-0.3, -0.25) is 0 Å². The van der Waals surface area contributed by atoms with Crippen molar-refractivity contribution >= 4 is 11.3 Å². The summed E-state index contributed by atoms with van der Waals surface area (Å²) < 4.78 is 0. The van der Waals surface area contributed by atoms with Crippen LogP contribution in [0.4, 0.5) is 0 Å². The van der Waals surface area contributed by atoms with Crippen LogP contribution in [0.2, 0.25) is 0 Å². The predicted octanol–water partition coefficient (Wildman–Crippen LogP) is 2.88. The van der Waals surface area contributed by atoms with E-state index in [1.165, 1.54) is 0 Å². The molecule has 68 valence electrons.